The highest BCUT2D eigenvalue weighted by Gasteiger charge is 2.17. The Morgan fingerprint density at radius 1 is 1.29 bits per heavy atom. The third-order valence-corrected chi connectivity index (χ3v) is 4.47. The van der Waals surface area contributed by atoms with E-state index in [-0.39, 0.29) is 5.38 Å². The molecule has 2 aromatic heterocycles. The summed E-state index contributed by atoms with van der Waals surface area (Å²) in [5, 5.41) is -0.0922. The van der Waals surface area contributed by atoms with Gasteiger partial charge in [0.05, 0.1) is 5.38 Å². The van der Waals surface area contributed by atoms with E-state index in [2.05, 4.69) is 21.4 Å². The van der Waals surface area contributed by atoms with Crippen LogP contribution in [-0.2, 0) is 6.54 Å². The van der Waals surface area contributed by atoms with Crippen LogP contribution in [-0.4, -0.2) is 39.1 Å². The average Bonchev–Trinajstić information content (AvgIpc) is 3.08. The highest BCUT2D eigenvalue weighted by molar-refractivity contribution is 6.20. The number of imidazole rings is 1. The number of alkyl halides is 1. The number of pyridine rings is 1. The van der Waals surface area contributed by atoms with Gasteiger partial charge in [0.25, 0.3) is 0 Å². The Balaban J connectivity index is 1.81. The van der Waals surface area contributed by atoms with E-state index in [1.807, 2.05) is 19.2 Å². The summed E-state index contributed by atoms with van der Waals surface area (Å²) in [6, 6.07) is 2.01. The molecule has 3 rings (SSSR count). The molecule has 1 unspecified atom stereocenters. The van der Waals surface area contributed by atoms with Gasteiger partial charge in [-0.05, 0) is 64.4 Å². The monoisotopic (exact) mass is 306 g/mol. The number of nitrogens with zero attached hydrogens (tertiary/aromatic N) is 4. The van der Waals surface area contributed by atoms with Crippen molar-refractivity contribution in [2.75, 3.05) is 19.6 Å². The maximum atomic E-state index is 6.32. The van der Waals surface area contributed by atoms with Crippen LogP contribution in [0.3, 0.4) is 0 Å². The molecule has 1 fully saturated rings. The normalized spacial score (nSPS) is 17.7. The first-order chi connectivity index (χ1) is 10.2. The smallest absolute Gasteiger partial charge is 0.160 e. The number of likely N-dealkylation sites (tertiary alicyclic amines) is 1. The third kappa shape index (κ3) is 3.06. The first-order valence-electron chi connectivity index (χ1n) is 7.85. The molecular weight excluding hydrogens is 284 g/mol. The Morgan fingerprint density at radius 3 is 2.76 bits per heavy atom. The number of fused-ring (bicyclic) bond motifs is 1. The maximum absolute atomic E-state index is 6.32. The van der Waals surface area contributed by atoms with Gasteiger partial charge in [-0.15, -0.1) is 11.6 Å². The lowest BCUT2D eigenvalue weighted by atomic mass is 10.3. The SMILES string of the molecule is Cc1ccnc2c1nc(C(C)Cl)n2CCCN1CCCC1. The predicted octanol–water partition coefficient (Wildman–Crippen LogP) is 3.53. The van der Waals surface area contributed by atoms with Crippen LogP contribution in [0, 0.1) is 6.92 Å². The number of aromatic nitrogens is 3. The van der Waals surface area contributed by atoms with Crippen LogP contribution in [0.1, 0.15) is 43.0 Å². The van der Waals surface area contributed by atoms with Crippen molar-refractivity contribution in [1.82, 2.24) is 19.4 Å². The number of halogens is 1. The van der Waals surface area contributed by atoms with Crippen LogP contribution in [0.2, 0.25) is 0 Å². The molecule has 0 N–H and O–H groups in total. The fourth-order valence-corrected chi connectivity index (χ4v) is 3.30. The van der Waals surface area contributed by atoms with E-state index in [1.54, 1.807) is 0 Å². The molecule has 1 atom stereocenters. The topological polar surface area (TPSA) is 34.0 Å². The van der Waals surface area contributed by atoms with Gasteiger partial charge in [-0.25, -0.2) is 9.97 Å². The van der Waals surface area contributed by atoms with Crippen LogP contribution in [0.25, 0.3) is 11.2 Å². The molecule has 4 nitrogen and oxygen atoms in total. The van der Waals surface area contributed by atoms with Crippen molar-refractivity contribution in [1.29, 1.82) is 0 Å². The van der Waals surface area contributed by atoms with Crippen molar-refractivity contribution < 1.29 is 0 Å². The van der Waals surface area contributed by atoms with Crippen LogP contribution < -0.4 is 0 Å². The van der Waals surface area contributed by atoms with Crippen LogP contribution in [0.15, 0.2) is 12.3 Å². The summed E-state index contributed by atoms with van der Waals surface area (Å²) >= 11 is 6.32. The van der Waals surface area contributed by atoms with Gasteiger partial charge in [-0.3, -0.25) is 0 Å². The molecule has 0 aromatic carbocycles. The lowest BCUT2D eigenvalue weighted by Gasteiger charge is -2.15. The molecule has 0 spiro atoms. The van der Waals surface area contributed by atoms with Crippen molar-refractivity contribution in [3.63, 3.8) is 0 Å². The van der Waals surface area contributed by atoms with Gasteiger partial charge in [0.1, 0.15) is 11.3 Å². The molecule has 0 amide bonds. The molecule has 114 valence electrons. The van der Waals surface area contributed by atoms with Gasteiger partial charge in [0, 0.05) is 12.7 Å². The number of hydrogen-bond donors (Lipinski definition) is 0. The minimum Gasteiger partial charge on any atom is -0.311 e. The summed E-state index contributed by atoms with van der Waals surface area (Å²) in [7, 11) is 0. The first kappa shape index (κ1) is 14.8. The zero-order chi connectivity index (χ0) is 14.8. The van der Waals surface area contributed by atoms with Gasteiger partial charge in [-0.1, -0.05) is 0 Å². The Bertz CT molecular complexity index is 614. The predicted molar refractivity (Wildman–Crippen MR) is 86.8 cm³/mol. The van der Waals surface area contributed by atoms with Crippen molar-refractivity contribution in [3.05, 3.63) is 23.7 Å². The van der Waals surface area contributed by atoms with E-state index >= 15 is 0 Å². The summed E-state index contributed by atoms with van der Waals surface area (Å²) in [5.74, 6) is 0.940. The van der Waals surface area contributed by atoms with E-state index in [0.717, 1.165) is 42.1 Å². The van der Waals surface area contributed by atoms with Crippen LogP contribution in [0.4, 0.5) is 0 Å². The summed E-state index contributed by atoms with van der Waals surface area (Å²) in [6.45, 7) is 8.66. The van der Waals surface area contributed by atoms with Crippen molar-refractivity contribution in [3.8, 4) is 0 Å². The van der Waals surface area contributed by atoms with E-state index in [0.29, 0.717) is 0 Å². The molecule has 0 saturated carbocycles. The zero-order valence-corrected chi connectivity index (χ0v) is 13.6. The van der Waals surface area contributed by atoms with Gasteiger partial charge in [0.2, 0.25) is 0 Å². The lowest BCUT2D eigenvalue weighted by molar-refractivity contribution is 0.325. The van der Waals surface area contributed by atoms with Crippen LogP contribution in [0.5, 0.6) is 0 Å². The van der Waals surface area contributed by atoms with E-state index in [4.69, 9.17) is 16.6 Å². The summed E-state index contributed by atoms with van der Waals surface area (Å²) in [6.07, 6.45) is 5.67. The molecule has 0 radical (unpaired) electrons. The molecule has 5 heteroatoms. The maximum Gasteiger partial charge on any atom is 0.160 e. The molecule has 0 bridgehead atoms. The van der Waals surface area contributed by atoms with Gasteiger partial charge >= 0.3 is 0 Å². The second-order valence-corrected chi connectivity index (χ2v) is 6.59. The van der Waals surface area contributed by atoms with Gasteiger partial charge in [0.15, 0.2) is 5.65 Å². The Hall–Kier alpha value is -1.13. The highest BCUT2D eigenvalue weighted by atomic mass is 35.5. The quantitative estimate of drug-likeness (QED) is 0.793. The number of rotatable bonds is 5. The molecule has 0 aliphatic carbocycles. The Morgan fingerprint density at radius 2 is 2.05 bits per heavy atom. The summed E-state index contributed by atoms with van der Waals surface area (Å²) in [4.78, 5) is 11.8. The molecule has 2 aromatic rings. The largest absolute Gasteiger partial charge is 0.311 e. The van der Waals surface area contributed by atoms with E-state index in [9.17, 15) is 0 Å². The van der Waals surface area contributed by atoms with E-state index in [1.165, 1.54) is 25.9 Å². The average molecular weight is 307 g/mol. The summed E-state index contributed by atoms with van der Waals surface area (Å²) < 4.78 is 2.20. The molecule has 1 aliphatic heterocycles. The highest BCUT2D eigenvalue weighted by Crippen LogP contribution is 2.25. The number of aryl methyl sites for hydroxylation is 2. The molecule has 3 heterocycles. The van der Waals surface area contributed by atoms with Crippen molar-refractivity contribution >= 4 is 22.8 Å². The summed E-state index contributed by atoms with van der Waals surface area (Å²) in [5.41, 5.74) is 3.12. The molecule has 1 aliphatic rings. The van der Waals surface area contributed by atoms with Gasteiger partial charge < -0.3 is 9.47 Å². The molecule has 1 saturated heterocycles. The number of hydrogen-bond acceptors (Lipinski definition) is 3. The standard InChI is InChI=1S/C16H23ClN4/c1-12-6-7-18-16-14(12)19-15(13(2)17)21(16)11-5-10-20-8-3-4-9-20/h6-7,13H,3-5,8-11H2,1-2H3. The first-order valence-corrected chi connectivity index (χ1v) is 8.28. The fraction of sp³-hybridized carbons (Fsp3) is 0.625. The molecular formula is C16H23ClN4. The fourth-order valence-electron chi connectivity index (χ4n) is 3.14. The second-order valence-electron chi connectivity index (χ2n) is 5.94. The van der Waals surface area contributed by atoms with E-state index < -0.39 is 0 Å². The van der Waals surface area contributed by atoms with Crippen LogP contribution >= 0.6 is 11.6 Å². The van der Waals surface area contributed by atoms with Crippen molar-refractivity contribution in [2.45, 2.75) is 45.0 Å². The minimum absolute atomic E-state index is 0.0922. The third-order valence-electron chi connectivity index (χ3n) is 4.28. The molecule has 21 heavy (non-hydrogen) atoms. The lowest BCUT2D eigenvalue weighted by Crippen LogP contribution is -2.22. The Labute approximate surface area is 131 Å². The van der Waals surface area contributed by atoms with Crippen molar-refractivity contribution in [2.24, 2.45) is 0 Å². The zero-order valence-electron chi connectivity index (χ0n) is 12.8. The van der Waals surface area contributed by atoms with Gasteiger partial charge in [-0.2, -0.15) is 0 Å². The Kier molecular flexibility index (Phi) is 4.45. The second kappa shape index (κ2) is 6.32. The minimum atomic E-state index is -0.0922.